The van der Waals surface area contributed by atoms with Crippen molar-refractivity contribution in [1.82, 2.24) is 0 Å². The topological polar surface area (TPSA) is 98.2 Å². The molecule has 0 aliphatic carbocycles. The Morgan fingerprint density at radius 1 is 1.20 bits per heavy atom. The average molecular weight is 298 g/mol. The van der Waals surface area contributed by atoms with Crippen molar-refractivity contribution in [3.05, 3.63) is 28.8 Å². The summed E-state index contributed by atoms with van der Waals surface area (Å²) in [5.41, 5.74) is 10.3. The summed E-state index contributed by atoms with van der Waals surface area (Å²) < 4.78 is 0. The summed E-state index contributed by atoms with van der Waals surface area (Å²) in [7, 11) is 0. The Hall–Kier alpha value is -1.59. The first-order valence-corrected chi connectivity index (χ1v) is 6.54. The molecule has 110 valence electrons. The van der Waals surface area contributed by atoms with Crippen LogP contribution in [0, 0.1) is 5.41 Å². The number of hydrogen-bond donors (Lipinski definition) is 3. The van der Waals surface area contributed by atoms with Crippen LogP contribution in [0.25, 0.3) is 0 Å². The van der Waals surface area contributed by atoms with E-state index in [4.69, 9.17) is 23.1 Å². The summed E-state index contributed by atoms with van der Waals surface area (Å²) in [4.78, 5) is 23.5. The van der Waals surface area contributed by atoms with E-state index < -0.39 is 16.9 Å². The fraction of sp³-hybridized carbons (Fsp3) is 0.429. The van der Waals surface area contributed by atoms with Crippen molar-refractivity contribution < 1.29 is 9.59 Å². The summed E-state index contributed by atoms with van der Waals surface area (Å²) in [5, 5.41) is 2.97. The van der Waals surface area contributed by atoms with Crippen LogP contribution in [0.3, 0.4) is 0 Å². The molecule has 0 saturated heterocycles. The maximum absolute atomic E-state index is 12.3. The molecule has 1 aromatic rings. The van der Waals surface area contributed by atoms with Gasteiger partial charge in [-0.1, -0.05) is 11.6 Å². The maximum Gasteiger partial charge on any atom is 0.250 e. The fourth-order valence-corrected chi connectivity index (χ4v) is 1.58. The standard InChI is InChI=1S/C14H20ClN3O2/c1-13(2,14(3,4)17)12(20)18-8-5-6-10(15)9(7-8)11(16)19/h5-7H,17H2,1-4H3,(H2,16,19)(H,18,20). The molecule has 0 fully saturated rings. The van der Waals surface area contributed by atoms with Gasteiger partial charge in [-0.2, -0.15) is 0 Å². The van der Waals surface area contributed by atoms with E-state index in [9.17, 15) is 9.59 Å². The lowest BCUT2D eigenvalue weighted by molar-refractivity contribution is -0.126. The summed E-state index contributed by atoms with van der Waals surface area (Å²) in [6.07, 6.45) is 0. The molecule has 1 rings (SSSR count). The second kappa shape index (κ2) is 5.42. The number of benzene rings is 1. The number of nitrogens with one attached hydrogen (secondary N) is 1. The third-order valence-corrected chi connectivity index (χ3v) is 4.00. The minimum Gasteiger partial charge on any atom is -0.366 e. The highest BCUT2D eigenvalue weighted by atomic mass is 35.5. The number of amides is 2. The molecule has 1 aromatic carbocycles. The highest BCUT2D eigenvalue weighted by Gasteiger charge is 2.40. The monoisotopic (exact) mass is 297 g/mol. The summed E-state index contributed by atoms with van der Waals surface area (Å²) >= 11 is 5.86. The van der Waals surface area contributed by atoms with Gasteiger partial charge in [-0.05, 0) is 45.9 Å². The van der Waals surface area contributed by atoms with E-state index in [0.29, 0.717) is 5.69 Å². The van der Waals surface area contributed by atoms with Gasteiger partial charge < -0.3 is 16.8 Å². The number of primary amides is 1. The van der Waals surface area contributed by atoms with Crippen molar-refractivity contribution in [2.45, 2.75) is 33.2 Å². The van der Waals surface area contributed by atoms with Crippen molar-refractivity contribution in [1.29, 1.82) is 0 Å². The molecular formula is C14H20ClN3O2. The fourth-order valence-electron chi connectivity index (χ4n) is 1.37. The van der Waals surface area contributed by atoms with Crippen molar-refractivity contribution in [3.8, 4) is 0 Å². The van der Waals surface area contributed by atoms with Gasteiger partial charge in [0, 0.05) is 11.2 Å². The molecule has 2 amide bonds. The minimum atomic E-state index is -0.792. The Morgan fingerprint density at radius 2 is 1.75 bits per heavy atom. The molecule has 5 nitrogen and oxygen atoms in total. The molecule has 0 saturated carbocycles. The molecule has 0 unspecified atom stereocenters. The third-order valence-electron chi connectivity index (χ3n) is 3.67. The molecule has 20 heavy (non-hydrogen) atoms. The Labute approximate surface area is 123 Å². The number of hydrogen-bond acceptors (Lipinski definition) is 3. The van der Waals surface area contributed by atoms with Crippen LogP contribution in [-0.4, -0.2) is 17.4 Å². The number of carbonyl (C=O) groups excluding carboxylic acids is 2. The highest BCUT2D eigenvalue weighted by molar-refractivity contribution is 6.34. The van der Waals surface area contributed by atoms with Crippen LogP contribution in [0.4, 0.5) is 5.69 Å². The van der Waals surface area contributed by atoms with Crippen LogP contribution >= 0.6 is 11.6 Å². The zero-order valence-corrected chi connectivity index (χ0v) is 12.8. The Morgan fingerprint density at radius 3 is 2.20 bits per heavy atom. The van der Waals surface area contributed by atoms with E-state index in [2.05, 4.69) is 5.32 Å². The molecule has 0 heterocycles. The molecule has 0 aliphatic heterocycles. The van der Waals surface area contributed by atoms with Crippen LogP contribution in [0.15, 0.2) is 18.2 Å². The minimum absolute atomic E-state index is 0.161. The van der Waals surface area contributed by atoms with E-state index in [1.165, 1.54) is 12.1 Å². The Balaban J connectivity index is 3.03. The van der Waals surface area contributed by atoms with Crippen LogP contribution in [-0.2, 0) is 4.79 Å². The molecule has 0 aliphatic rings. The smallest absolute Gasteiger partial charge is 0.250 e. The number of halogens is 1. The Kier molecular flexibility index (Phi) is 4.46. The second-order valence-corrected chi connectivity index (χ2v) is 6.27. The second-order valence-electron chi connectivity index (χ2n) is 5.86. The quantitative estimate of drug-likeness (QED) is 0.794. The van der Waals surface area contributed by atoms with Gasteiger partial charge in [-0.25, -0.2) is 0 Å². The molecule has 0 spiro atoms. The van der Waals surface area contributed by atoms with Gasteiger partial charge in [0.05, 0.1) is 16.0 Å². The number of rotatable bonds is 4. The first-order valence-electron chi connectivity index (χ1n) is 6.16. The first kappa shape index (κ1) is 16.5. The van der Waals surface area contributed by atoms with E-state index in [1.807, 2.05) is 0 Å². The molecular weight excluding hydrogens is 278 g/mol. The summed E-state index contributed by atoms with van der Waals surface area (Å²) in [6, 6.07) is 4.56. The Bertz CT molecular complexity index is 548. The average Bonchev–Trinajstić information content (AvgIpc) is 2.29. The molecule has 0 bridgehead atoms. The van der Waals surface area contributed by atoms with Gasteiger partial charge in [0.2, 0.25) is 11.8 Å². The number of anilines is 1. The van der Waals surface area contributed by atoms with Gasteiger partial charge >= 0.3 is 0 Å². The highest BCUT2D eigenvalue weighted by Crippen LogP contribution is 2.30. The van der Waals surface area contributed by atoms with E-state index in [1.54, 1.807) is 33.8 Å². The lowest BCUT2D eigenvalue weighted by Crippen LogP contribution is -2.53. The zero-order chi connectivity index (χ0) is 15.7. The molecule has 6 heteroatoms. The normalized spacial score (nSPS) is 12.1. The van der Waals surface area contributed by atoms with Gasteiger partial charge in [0.25, 0.3) is 0 Å². The zero-order valence-electron chi connectivity index (χ0n) is 12.1. The van der Waals surface area contributed by atoms with Crippen molar-refractivity contribution in [2.24, 2.45) is 16.9 Å². The molecule has 5 N–H and O–H groups in total. The van der Waals surface area contributed by atoms with Crippen LogP contribution in [0.5, 0.6) is 0 Å². The van der Waals surface area contributed by atoms with Gasteiger partial charge in [0.1, 0.15) is 0 Å². The molecule has 0 atom stereocenters. The van der Waals surface area contributed by atoms with Crippen molar-refractivity contribution >= 4 is 29.1 Å². The van der Waals surface area contributed by atoms with E-state index in [-0.39, 0.29) is 16.5 Å². The summed E-state index contributed by atoms with van der Waals surface area (Å²) in [5.74, 6) is -0.896. The predicted octanol–water partition coefficient (Wildman–Crippen LogP) is 2.14. The van der Waals surface area contributed by atoms with Crippen LogP contribution in [0.2, 0.25) is 5.02 Å². The lowest BCUT2D eigenvalue weighted by Gasteiger charge is -2.36. The number of carbonyl (C=O) groups is 2. The van der Waals surface area contributed by atoms with Gasteiger partial charge in [-0.15, -0.1) is 0 Å². The van der Waals surface area contributed by atoms with Crippen LogP contribution in [0.1, 0.15) is 38.1 Å². The van der Waals surface area contributed by atoms with E-state index in [0.717, 1.165) is 0 Å². The molecule has 0 aromatic heterocycles. The maximum atomic E-state index is 12.3. The van der Waals surface area contributed by atoms with Crippen molar-refractivity contribution in [2.75, 3.05) is 5.32 Å². The van der Waals surface area contributed by atoms with Crippen molar-refractivity contribution in [3.63, 3.8) is 0 Å². The molecule has 0 radical (unpaired) electrons. The SMILES string of the molecule is CC(C)(N)C(C)(C)C(=O)Nc1ccc(Cl)c(C(N)=O)c1. The van der Waals surface area contributed by atoms with Gasteiger partial charge in [0.15, 0.2) is 0 Å². The summed E-state index contributed by atoms with van der Waals surface area (Å²) in [6.45, 7) is 7.08. The van der Waals surface area contributed by atoms with Crippen LogP contribution < -0.4 is 16.8 Å². The lowest BCUT2D eigenvalue weighted by atomic mass is 9.74. The largest absolute Gasteiger partial charge is 0.366 e. The predicted molar refractivity (Wildman–Crippen MR) is 80.6 cm³/mol. The van der Waals surface area contributed by atoms with E-state index >= 15 is 0 Å². The third kappa shape index (κ3) is 3.29. The van der Waals surface area contributed by atoms with Gasteiger partial charge in [-0.3, -0.25) is 9.59 Å². The first-order chi connectivity index (χ1) is 8.96. The number of nitrogens with two attached hydrogens (primary N) is 2.